The van der Waals surface area contributed by atoms with E-state index in [0.29, 0.717) is 5.69 Å². The van der Waals surface area contributed by atoms with Gasteiger partial charge in [0.15, 0.2) is 0 Å². The van der Waals surface area contributed by atoms with Crippen LogP contribution in [0.4, 0.5) is 23.2 Å². The molecular weight excluding hydrogens is 436 g/mol. The molecule has 0 saturated carbocycles. The predicted molar refractivity (Wildman–Crippen MR) is 116 cm³/mol. The Hall–Kier alpha value is -3.81. The van der Waals surface area contributed by atoms with E-state index in [1.807, 2.05) is 37.3 Å². The lowest BCUT2D eigenvalue weighted by Crippen LogP contribution is -2.33. The third kappa shape index (κ3) is 5.00. The fourth-order valence-electron chi connectivity index (χ4n) is 3.79. The van der Waals surface area contributed by atoms with E-state index in [0.717, 1.165) is 23.8 Å². The van der Waals surface area contributed by atoms with E-state index in [9.17, 15) is 22.4 Å². The van der Waals surface area contributed by atoms with Crippen LogP contribution in [0.15, 0.2) is 84.6 Å². The molecule has 4 nitrogen and oxygen atoms in total. The molecular formula is C25H20F4N2O2. The smallest absolute Gasteiger partial charge is 0.387 e. The molecule has 0 aromatic heterocycles. The summed E-state index contributed by atoms with van der Waals surface area (Å²) in [5.41, 5.74) is 1.80. The molecule has 4 rings (SSSR count). The fourth-order valence-corrected chi connectivity index (χ4v) is 3.79. The van der Waals surface area contributed by atoms with E-state index in [-0.39, 0.29) is 23.1 Å². The van der Waals surface area contributed by atoms with E-state index in [2.05, 4.69) is 10.1 Å². The second-order valence-corrected chi connectivity index (χ2v) is 7.55. The van der Waals surface area contributed by atoms with Crippen molar-refractivity contribution in [1.82, 2.24) is 5.32 Å². The predicted octanol–water partition coefficient (Wildman–Crippen LogP) is 5.89. The Morgan fingerprint density at radius 3 is 2.18 bits per heavy atom. The highest BCUT2D eigenvalue weighted by Gasteiger charge is 2.35. The van der Waals surface area contributed by atoms with E-state index in [1.165, 1.54) is 29.2 Å². The van der Waals surface area contributed by atoms with Crippen LogP contribution in [-0.2, 0) is 4.79 Å². The monoisotopic (exact) mass is 456 g/mol. The summed E-state index contributed by atoms with van der Waals surface area (Å²) in [7, 11) is 0. The zero-order valence-corrected chi connectivity index (χ0v) is 17.5. The van der Waals surface area contributed by atoms with Gasteiger partial charge in [0.25, 0.3) is 5.91 Å². The van der Waals surface area contributed by atoms with Gasteiger partial charge in [-0.2, -0.15) is 8.78 Å². The first kappa shape index (κ1) is 22.4. The maximum absolute atomic E-state index is 13.9. The van der Waals surface area contributed by atoms with Crippen molar-refractivity contribution < 1.29 is 27.1 Å². The first-order chi connectivity index (χ1) is 15.8. The van der Waals surface area contributed by atoms with Crippen LogP contribution in [0.25, 0.3) is 0 Å². The van der Waals surface area contributed by atoms with Gasteiger partial charge in [-0.15, -0.1) is 0 Å². The number of nitrogens with one attached hydrogen (secondary N) is 1. The van der Waals surface area contributed by atoms with Crippen molar-refractivity contribution in [3.05, 3.63) is 107 Å². The number of halogens is 4. The van der Waals surface area contributed by atoms with Crippen molar-refractivity contribution in [3.63, 3.8) is 0 Å². The lowest BCUT2D eigenvalue weighted by molar-refractivity contribution is -0.115. The largest absolute Gasteiger partial charge is 0.435 e. The maximum atomic E-state index is 13.9. The second kappa shape index (κ2) is 9.36. The Labute approximate surface area is 188 Å². The van der Waals surface area contributed by atoms with Gasteiger partial charge in [-0.1, -0.05) is 30.3 Å². The standard InChI is InChI=1S/C25H20F4N2O2/c1-15(16-5-3-2-4-6-16)30-22-14-23(17-11-18(26)13-19(27)12-17)31(24(22)32)20-7-9-21(10-8-20)33-25(28)29/h2-15,23,25,30H,1H3. The number of alkyl halides is 2. The van der Waals surface area contributed by atoms with Gasteiger partial charge >= 0.3 is 6.61 Å². The van der Waals surface area contributed by atoms with Gasteiger partial charge in [-0.3, -0.25) is 9.69 Å². The van der Waals surface area contributed by atoms with Gasteiger partial charge in [0, 0.05) is 17.8 Å². The SMILES string of the molecule is CC(NC1=CC(c2cc(F)cc(F)c2)N(c2ccc(OC(F)F)cc2)C1=O)c1ccccc1. The Morgan fingerprint density at radius 2 is 1.58 bits per heavy atom. The van der Waals surface area contributed by atoms with Gasteiger partial charge in [0.05, 0.1) is 11.7 Å². The summed E-state index contributed by atoms with van der Waals surface area (Å²) in [6, 6.07) is 17.0. The van der Waals surface area contributed by atoms with Crippen LogP contribution in [-0.4, -0.2) is 12.5 Å². The van der Waals surface area contributed by atoms with Crippen molar-refractivity contribution in [2.24, 2.45) is 0 Å². The number of amides is 1. The van der Waals surface area contributed by atoms with E-state index in [4.69, 9.17) is 0 Å². The molecule has 3 aromatic rings. The zero-order chi connectivity index (χ0) is 23.5. The molecule has 0 spiro atoms. The van der Waals surface area contributed by atoms with E-state index < -0.39 is 30.2 Å². The molecule has 1 aliphatic rings. The first-order valence-electron chi connectivity index (χ1n) is 10.2. The molecule has 8 heteroatoms. The number of hydrogen-bond donors (Lipinski definition) is 1. The van der Waals surface area contributed by atoms with Crippen LogP contribution in [0.5, 0.6) is 5.75 Å². The summed E-state index contributed by atoms with van der Waals surface area (Å²) in [5, 5.41) is 3.17. The van der Waals surface area contributed by atoms with Crippen LogP contribution >= 0.6 is 0 Å². The summed E-state index contributed by atoms with van der Waals surface area (Å²) >= 11 is 0. The van der Waals surface area contributed by atoms with Crippen molar-refractivity contribution in [2.75, 3.05) is 4.90 Å². The van der Waals surface area contributed by atoms with Crippen molar-refractivity contribution in [2.45, 2.75) is 25.6 Å². The number of carbonyl (C=O) groups is 1. The summed E-state index contributed by atoms with van der Waals surface area (Å²) in [4.78, 5) is 14.7. The third-order valence-electron chi connectivity index (χ3n) is 5.29. The number of benzene rings is 3. The van der Waals surface area contributed by atoms with Crippen molar-refractivity contribution in [1.29, 1.82) is 0 Å². The van der Waals surface area contributed by atoms with Gasteiger partial charge < -0.3 is 10.1 Å². The number of hydrogen-bond acceptors (Lipinski definition) is 3. The van der Waals surface area contributed by atoms with Gasteiger partial charge in [-0.25, -0.2) is 8.78 Å². The fraction of sp³-hybridized carbons (Fsp3) is 0.160. The second-order valence-electron chi connectivity index (χ2n) is 7.55. The van der Waals surface area contributed by atoms with Crippen LogP contribution in [0.1, 0.15) is 30.1 Å². The molecule has 2 unspecified atom stereocenters. The van der Waals surface area contributed by atoms with Crippen LogP contribution < -0.4 is 15.0 Å². The molecule has 1 amide bonds. The first-order valence-corrected chi connectivity index (χ1v) is 10.2. The summed E-state index contributed by atoms with van der Waals surface area (Å²) in [5.74, 6) is -2.04. The normalized spacial score (nSPS) is 16.7. The molecule has 0 bridgehead atoms. The molecule has 0 radical (unpaired) electrons. The lowest BCUT2D eigenvalue weighted by Gasteiger charge is -2.26. The highest BCUT2D eigenvalue weighted by molar-refractivity contribution is 6.08. The molecule has 1 aliphatic heterocycles. The summed E-state index contributed by atoms with van der Waals surface area (Å²) in [6.45, 7) is -1.09. The summed E-state index contributed by atoms with van der Waals surface area (Å²) < 4.78 is 57.2. The quantitative estimate of drug-likeness (QED) is 0.451. The van der Waals surface area contributed by atoms with Crippen LogP contribution in [0.3, 0.4) is 0 Å². The minimum absolute atomic E-state index is 0.0715. The average Bonchev–Trinajstić information content (AvgIpc) is 3.10. The minimum Gasteiger partial charge on any atom is -0.435 e. The highest BCUT2D eigenvalue weighted by Crippen LogP contribution is 2.37. The van der Waals surface area contributed by atoms with Crippen molar-refractivity contribution >= 4 is 11.6 Å². The van der Waals surface area contributed by atoms with Gasteiger partial charge in [-0.05, 0) is 60.5 Å². The topological polar surface area (TPSA) is 41.6 Å². The average molecular weight is 456 g/mol. The lowest BCUT2D eigenvalue weighted by atomic mass is 10.1. The zero-order valence-electron chi connectivity index (χ0n) is 17.5. The molecule has 170 valence electrons. The number of nitrogens with zero attached hydrogens (tertiary/aromatic N) is 1. The van der Waals surface area contributed by atoms with E-state index >= 15 is 0 Å². The molecule has 0 aliphatic carbocycles. The Morgan fingerprint density at radius 1 is 0.939 bits per heavy atom. The Balaban J connectivity index is 1.69. The Kier molecular flexibility index (Phi) is 6.35. The van der Waals surface area contributed by atoms with Crippen LogP contribution in [0.2, 0.25) is 0 Å². The van der Waals surface area contributed by atoms with E-state index in [1.54, 1.807) is 6.08 Å². The van der Waals surface area contributed by atoms with Gasteiger partial charge in [0.2, 0.25) is 0 Å². The molecule has 2 atom stereocenters. The Bertz CT molecular complexity index is 1150. The molecule has 3 aromatic carbocycles. The number of anilines is 1. The molecule has 1 heterocycles. The molecule has 0 saturated heterocycles. The molecule has 1 N–H and O–H groups in total. The number of rotatable bonds is 7. The molecule has 33 heavy (non-hydrogen) atoms. The van der Waals surface area contributed by atoms with Crippen LogP contribution in [0, 0.1) is 11.6 Å². The minimum atomic E-state index is -2.98. The number of carbonyl (C=O) groups excluding carboxylic acids is 1. The third-order valence-corrected chi connectivity index (χ3v) is 5.29. The maximum Gasteiger partial charge on any atom is 0.387 e. The van der Waals surface area contributed by atoms with Gasteiger partial charge in [0.1, 0.15) is 17.4 Å². The number of ether oxygens (including phenoxy) is 1. The summed E-state index contributed by atoms with van der Waals surface area (Å²) in [6.07, 6.45) is 1.60. The highest BCUT2D eigenvalue weighted by atomic mass is 19.3. The van der Waals surface area contributed by atoms with Crippen molar-refractivity contribution in [3.8, 4) is 5.75 Å². The molecule has 0 fully saturated rings.